The fourth-order valence-electron chi connectivity index (χ4n) is 4.09. The molecule has 0 aliphatic heterocycles. The Labute approximate surface area is 239 Å². The molecule has 42 heavy (non-hydrogen) atoms. The van der Waals surface area contributed by atoms with Crippen molar-refractivity contribution in [1.82, 2.24) is 24.4 Å². The molecule has 0 aliphatic carbocycles. The number of nitrogens with zero attached hydrogens (tertiary/aromatic N) is 7. The zero-order chi connectivity index (χ0) is 30.6. The molecule has 0 atom stereocenters. The van der Waals surface area contributed by atoms with Crippen molar-refractivity contribution in [2.24, 2.45) is 0 Å². The fraction of sp³-hybridized carbons (Fsp3) is 0.250. The summed E-state index contributed by atoms with van der Waals surface area (Å²) in [5.41, 5.74) is 1.13. The molecule has 0 aliphatic rings. The number of nitriles is 1. The lowest BCUT2D eigenvalue weighted by molar-refractivity contribution is -0.137. The van der Waals surface area contributed by atoms with Crippen LogP contribution in [-0.2, 0) is 11.0 Å². The van der Waals surface area contributed by atoms with Crippen LogP contribution in [0.25, 0.3) is 16.9 Å². The number of anilines is 4. The predicted molar refractivity (Wildman–Crippen MR) is 153 cm³/mol. The molecule has 218 valence electrons. The Morgan fingerprint density at radius 2 is 1.93 bits per heavy atom. The highest BCUT2D eigenvalue weighted by molar-refractivity contribution is 6.02. The van der Waals surface area contributed by atoms with Crippen molar-refractivity contribution in [3.8, 4) is 17.6 Å². The van der Waals surface area contributed by atoms with Gasteiger partial charge in [-0.15, -0.1) is 0 Å². The zero-order valence-corrected chi connectivity index (χ0v) is 23.3. The molecule has 0 fully saturated rings. The molecule has 0 saturated heterocycles. The van der Waals surface area contributed by atoms with E-state index in [2.05, 4.69) is 32.2 Å². The molecule has 0 radical (unpaired) electrons. The molecule has 14 heteroatoms. The third-order valence-electron chi connectivity index (χ3n) is 6.28. The van der Waals surface area contributed by atoms with Gasteiger partial charge < -0.3 is 25.2 Å². The van der Waals surface area contributed by atoms with E-state index >= 15 is 0 Å². The van der Waals surface area contributed by atoms with E-state index in [0.717, 1.165) is 17.2 Å². The summed E-state index contributed by atoms with van der Waals surface area (Å²) in [4.78, 5) is 28.4. The number of likely N-dealkylation sites (N-methyl/N-ethyl adjacent to an activating group) is 2. The molecule has 0 bridgehead atoms. The lowest BCUT2D eigenvalue weighted by Crippen LogP contribution is -2.29. The molecule has 2 aromatic heterocycles. The molecule has 2 aromatic carbocycles. The van der Waals surface area contributed by atoms with Crippen LogP contribution in [0.3, 0.4) is 0 Å². The molecule has 4 aromatic rings. The van der Waals surface area contributed by atoms with E-state index < -0.39 is 23.5 Å². The molecule has 4 rings (SSSR count). The number of aromatic nitrogens is 4. The summed E-state index contributed by atoms with van der Waals surface area (Å²) in [6.07, 6.45) is -1.79. The van der Waals surface area contributed by atoms with Gasteiger partial charge in [-0.2, -0.15) is 23.4 Å². The summed E-state index contributed by atoms with van der Waals surface area (Å²) in [5.74, 6) is -0.790. The van der Waals surface area contributed by atoms with Crippen molar-refractivity contribution in [3.05, 3.63) is 66.6 Å². The van der Waals surface area contributed by atoms with Crippen LogP contribution in [-0.4, -0.2) is 71.7 Å². The van der Waals surface area contributed by atoms with E-state index in [9.17, 15) is 23.2 Å². The van der Waals surface area contributed by atoms with Crippen LogP contribution in [0.15, 0.2) is 55.5 Å². The maximum atomic E-state index is 14.0. The number of carbonyl (C=O) groups is 1. The number of nitrogens with one attached hydrogen (secondary N) is 2. The van der Waals surface area contributed by atoms with Gasteiger partial charge in [0, 0.05) is 32.4 Å². The number of rotatable bonds is 10. The van der Waals surface area contributed by atoms with Crippen LogP contribution in [0.1, 0.15) is 11.1 Å². The molecular formula is C28H28F3N9O2. The van der Waals surface area contributed by atoms with Crippen molar-refractivity contribution in [2.45, 2.75) is 6.18 Å². The van der Waals surface area contributed by atoms with Crippen molar-refractivity contribution in [2.75, 3.05) is 56.9 Å². The van der Waals surface area contributed by atoms with Gasteiger partial charge in [0.1, 0.15) is 17.6 Å². The molecule has 0 unspecified atom stereocenters. The molecule has 0 spiro atoms. The van der Waals surface area contributed by atoms with Crippen LogP contribution in [0.5, 0.6) is 5.75 Å². The number of imidazole rings is 1. The lowest BCUT2D eigenvalue weighted by atomic mass is 10.2. The first-order valence-electron chi connectivity index (χ1n) is 12.5. The summed E-state index contributed by atoms with van der Waals surface area (Å²) in [7, 11) is 7.17. The van der Waals surface area contributed by atoms with E-state index in [-0.39, 0.29) is 22.7 Å². The average Bonchev–Trinajstić information content (AvgIpc) is 3.38. The largest absolute Gasteiger partial charge is 0.494 e. The highest BCUT2D eigenvalue weighted by Gasteiger charge is 2.36. The van der Waals surface area contributed by atoms with Gasteiger partial charge in [-0.1, -0.05) is 6.58 Å². The number of ether oxygens (including phenoxy) is 1. The second kappa shape index (κ2) is 12.1. The summed E-state index contributed by atoms with van der Waals surface area (Å²) in [6.45, 7) is 4.85. The standard InChI is InChI=1S/C28H28F3N9O2/c1-6-25(41)35-20-12-21(24(42-5)13-22(20)39(4)10-9-38(2)3)36-27-33-15-18(28(29,30)31)26(37-27)40-16-34-19-8-7-17(14-32)11-23(19)40/h6-8,11-13,15-16H,1,9-10H2,2-5H3,(H,35,41)(H,33,36,37). The molecule has 11 nitrogen and oxygen atoms in total. The van der Waals surface area contributed by atoms with Gasteiger partial charge >= 0.3 is 6.18 Å². The van der Waals surface area contributed by atoms with E-state index in [1.165, 1.54) is 25.6 Å². The molecule has 0 saturated carbocycles. The Bertz CT molecular complexity index is 1680. The van der Waals surface area contributed by atoms with Crippen molar-refractivity contribution >= 4 is 40.0 Å². The second-order valence-electron chi connectivity index (χ2n) is 9.47. The van der Waals surface area contributed by atoms with Crippen LogP contribution in [0.4, 0.5) is 36.2 Å². The maximum absolute atomic E-state index is 14.0. The first-order chi connectivity index (χ1) is 19.9. The highest BCUT2D eigenvalue weighted by atomic mass is 19.4. The Balaban J connectivity index is 1.82. The normalized spacial score (nSPS) is 11.3. The van der Waals surface area contributed by atoms with Crippen molar-refractivity contribution < 1.29 is 22.7 Å². The zero-order valence-electron chi connectivity index (χ0n) is 23.3. The quantitative estimate of drug-likeness (QED) is 0.260. The first-order valence-corrected chi connectivity index (χ1v) is 12.5. The minimum atomic E-state index is -4.78. The van der Waals surface area contributed by atoms with Crippen LogP contribution in [0.2, 0.25) is 0 Å². The van der Waals surface area contributed by atoms with Gasteiger partial charge in [-0.05, 0) is 44.4 Å². The van der Waals surface area contributed by atoms with E-state index in [1.54, 1.807) is 18.2 Å². The third kappa shape index (κ3) is 6.42. The minimum absolute atomic E-state index is 0.177. The Morgan fingerprint density at radius 1 is 1.17 bits per heavy atom. The van der Waals surface area contributed by atoms with Gasteiger partial charge in [0.15, 0.2) is 5.82 Å². The van der Waals surface area contributed by atoms with E-state index in [0.29, 0.717) is 35.4 Å². The fourth-order valence-corrected chi connectivity index (χ4v) is 4.09. The van der Waals surface area contributed by atoms with E-state index in [1.807, 2.05) is 37.0 Å². The van der Waals surface area contributed by atoms with E-state index in [4.69, 9.17) is 4.74 Å². The Morgan fingerprint density at radius 3 is 2.57 bits per heavy atom. The summed E-state index contributed by atoms with van der Waals surface area (Å²) < 4.78 is 48.8. The summed E-state index contributed by atoms with van der Waals surface area (Å²) >= 11 is 0. The van der Waals surface area contributed by atoms with Crippen molar-refractivity contribution in [1.29, 1.82) is 5.26 Å². The number of hydrogen-bond donors (Lipinski definition) is 2. The van der Waals surface area contributed by atoms with Crippen LogP contribution < -0.4 is 20.3 Å². The highest BCUT2D eigenvalue weighted by Crippen LogP contribution is 2.39. The number of carbonyl (C=O) groups excluding carboxylic acids is 1. The SMILES string of the molecule is C=CC(=O)Nc1cc(Nc2ncc(C(F)(F)F)c(-n3cnc4ccc(C#N)cc43)n2)c(OC)cc1N(C)CCN(C)C. The van der Waals surface area contributed by atoms with Crippen LogP contribution in [0, 0.1) is 11.3 Å². The molecule has 2 heterocycles. The third-order valence-corrected chi connectivity index (χ3v) is 6.28. The summed E-state index contributed by atoms with van der Waals surface area (Å²) in [6, 6.07) is 9.73. The number of halogens is 3. The van der Waals surface area contributed by atoms with Crippen molar-refractivity contribution in [3.63, 3.8) is 0 Å². The van der Waals surface area contributed by atoms with Gasteiger partial charge in [-0.3, -0.25) is 9.36 Å². The molecule has 1 amide bonds. The molecular weight excluding hydrogens is 551 g/mol. The number of methoxy groups -OCH3 is 1. The maximum Gasteiger partial charge on any atom is 0.421 e. The lowest BCUT2D eigenvalue weighted by Gasteiger charge is -2.26. The topological polar surface area (TPSA) is 124 Å². The first kappa shape index (κ1) is 29.8. The van der Waals surface area contributed by atoms with Gasteiger partial charge in [0.25, 0.3) is 0 Å². The smallest absolute Gasteiger partial charge is 0.421 e. The average molecular weight is 580 g/mol. The number of amides is 1. The number of hydrogen-bond acceptors (Lipinski definition) is 9. The van der Waals surface area contributed by atoms with Gasteiger partial charge in [0.05, 0.1) is 46.8 Å². The number of benzene rings is 2. The summed E-state index contributed by atoms with van der Waals surface area (Å²) in [5, 5.41) is 15.0. The minimum Gasteiger partial charge on any atom is -0.494 e. The Hall–Kier alpha value is -5.16. The number of alkyl halides is 3. The second-order valence-corrected chi connectivity index (χ2v) is 9.47. The monoisotopic (exact) mass is 579 g/mol. The number of fused-ring (bicyclic) bond motifs is 1. The predicted octanol–water partition coefficient (Wildman–Crippen LogP) is 4.58. The van der Waals surface area contributed by atoms with Crippen LogP contribution >= 0.6 is 0 Å². The van der Waals surface area contributed by atoms with Gasteiger partial charge in [-0.25, -0.2) is 9.97 Å². The molecule has 2 N–H and O–H groups in total. The van der Waals surface area contributed by atoms with Gasteiger partial charge in [0.2, 0.25) is 11.9 Å². The Kier molecular flexibility index (Phi) is 8.62.